The Morgan fingerprint density at radius 1 is 1.35 bits per heavy atom. The smallest absolute Gasteiger partial charge is 0.282 e. The van der Waals surface area contributed by atoms with Gasteiger partial charge in [0.15, 0.2) is 0 Å². The highest BCUT2D eigenvalue weighted by Gasteiger charge is 2.20. The van der Waals surface area contributed by atoms with Gasteiger partial charge in [0.1, 0.15) is 5.56 Å². The molecule has 0 bridgehead atoms. The molecule has 6 nitrogen and oxygen atoms in total. The largest absolute Gasteiger partial charge is 0.388 e. The van der Waals surface area contributed by atoms with Gasteiger partial charge in [0.05, 0.1) is 4.92 Å². The van der Waals surface area contributed by atoms with Crippen LogP contribution in [0.3, 0.4) is 0 Å². The van der Waals surface area contributed by atoms with Crippen LogP contribution in [0.15, 0.2) is 18.2 Å². The van der Waals surface area contributed by atoms with Crippen molar-refractivity contribution >= 4 is 17.3 Å². The number of hydrogen-bond acceptors (Lipinski definition) is 4. The van der Waals surface area contributed by atoms with Crippen molar-refractivity contribution in [3.05, 3.63) is 33.9 Å². The van der Waals surface area contributed by atoms with Crippen molar-refractivity contribution in [3.8, 4) is 0 Å². The second-order valence-electron chi connectivity index (χ2n) is 4.63. The summed E-state index contributed by atoms with van der Waals surface area (Å²) in [6.45, 7) is 4.65. The second kappa shape index (κ2) is 7.47. The Morgan fingerprint density at radius 2 is 2.00 bits per heavy atom. The zero-order valence-electron chi connectivity index (χ0n) is 12.1. The molecule has 0 aliphatic heterocycles. The fourth-order valence-electron chi connectivity index (χ4n) is 1.94. The molecule has 0 atom stereocenters. The van der Waals surface area contributed by atoms with E-state index < -0.39 is 10.8 Å². The summed E-state index contributed by atoms with van der Waals surface area (Å²) in [6.07, 6.45) is 1.94. The number of carbonyl (C=O) groups excluding carboxylic acids is 1. The number of anilines is 1. The number of nitrogens with zero attached hydrogens (tertiary/aromatic N) is 1. The lowest BCUT2D eigenvalue weighted by Gasteiger charge is -2.13. The van der Waals surface area contributed by atoms with Gasteiger partial charge in [0.2, 0.25) is 0 Å². The fraction of sp³-hybridized carbons (Fsp3) is 0.500. The van der Waals surface area contributed by atoms with Crippen LogP contribution < -0.4 is 10.6 Å². The molecule has 0 aliphatic rings. The Hall–Kier alpha value is -2.11. The number of nitrogens with one attached hydrogen (secondary N) is 2. The van der Waals surface area contributed by atoms with Gasteiger partial charge in [-0.1, -0.05) is 26.7 Å². The Morgan fingerprint density at radius 3 is 2.50 bits per heavy atom. The van der Waals surface area contributed by atoms with E-state index in [1.807, 2.05) is 0 Å². The molecular weight excluding hydrogens is 258 g/mol. The Bertz CT molecular complexity index is 485. The minimum Gasteiger partial charge on any atom is -0.388 e. The van der Waals surface area contributed by atoms with Crippen LogP contribution in [-0.2, 0) is 0 Å². The van der Waals surface area contributed by atoms with Gasteiger partial charge in [-0.25, -0.2) is 0 Å². The van der Waals surface area contributed by atoms with Crippen LogP contribution in [0.1, 0.15) is 37.0 Å². The number of nitro groups is 1. The summed E-state index contributed by atoms with van der Waals surface area (Å²) in [5.41, 5.74) is 0.585. The highest BCUT2D eigenvalue weighted by atomic mass is 16.6. The van der Waals surface area contributed by atoms with E-state index in [4.69, 9.17) is 0 Å². The maximum absolute atomic E-state index is 12.1. The average Bonchev–Trinajstić information content (AvgIpc) is 2.47. The number of rotatable bonds is 7. The van der Waals surface area contributed by atoms with Crippen LogP contribution in [0.4, 0.5) is 11.4 Å². The third-order valence-electron chi connectivity index (χ3n) is 3.43. The van der Waals surface area contributed by atoms with Crippen LogP contribution in [0, 0.1) is 16.0 Å². The van der Waals surface area contributed by atoms with E-state index in [0.717, 1.165) is 12.8 Å². The quantitative estimate of drug-likeness (QED) is 0.593. The second-order valence-corrected chi connectivity index (χ2v) is 4.63. The Kier molecular flexibility index (Phi) is 5.96. The number of benzene rings is 1. The summed E-state index contributed by atoms with van der Waals surface area (Å²) >= 11 is 0. The van der Waals surface area contributed by atoms with Crippen molar-refractivity contribution in [1.29, 1.82) is 0 Å². The van der Waals surface area contributed by atoms with Crippen molar-refractivity contribution in [2.75, 3.05) is 18.9 Å². The van der Waals surface area contributed by atoms with Crippen molar-refractivity contribution in [1.82, 2.24) is 5.32 Å². The Balaban J connectivity index is 2.92. The predicted molar refractivity (Wildman–Crippen MR) is 79.0 cm³/mol. The molecule has 0 radical (unpaired) electrons. The average molecular weight is 279 g/mol. The molecule has 110 valence electrons. The first-order valence-electron chi connectivity index (χ1n) is 6.77. The summed E-state index contributed by atoms with van der Waals surface area (Å²) < 4.78 is 0. The number of carbonyl (C=O) groups is 1. The summed E-state index contributed by atoms with van der Waals surface area (Å²) in [5.74, 6) is -0.00816. The lowest BCUT2D eigenvalue weighted by molar-refractivity contribution is -0.385. The molecule has 0 unspecified atom stereocenters. The minimum atomic E-state index is -0.536. The molecule has 0 fully saturated rings. The molecule has 0 heterocycles. The molecule has 20 heavy (non-hydrogen) atoms. The van der Waals surface area contributed by atoms with Crippen molar-refractivity contribution in [3.63, 3.8) is 0 Å². The van der Waals surface area contributed by atoms with Crippen LogP contribution in [-0.4, -0.2) is 24.4 Å². The molecule has 1 rings (SSSR count). The van der Waals surface area contributed by atoms with Gasteiger partial charge in [-0.15, -0.1) is 0 Å². The maximum atomic E-state index is 12.1. The third kappa shape index (κ3) is 3.94. The van der Waals surface area contributed by atoms with Crippen LogP contribution in [0.2, 0.25) is 0 Å². The summed E-state index contributed by atoms with van der Waals surface area (Å²) in [7, 11) is 1.70. The summed E-state index contributed by atoms with van der Waals surface area (Å²) in [4.78, 5) is 22.6. The molecular formula is C14H21N3O3. The van der Waals surface area contributed by atoms with Crippen LogP contribution in [0.25, 0.3) is 0 Å². The molecule has 1 aromatic rings. The van der Waals surface area contributed by atoms with E-state index >= 15 is 0 Å². The maximum Gasteiger partial charge on any atom is 0.282 e. The van der Waals surface area contributed by atoms with E-state index in [9.17, 15) is 14.9 Å². The lowest BCUT2D eigenvalue weighted by Crippen LogP contribution is -2.29. The predicted octanol–water partition coefficient (Wildman–Crippen LogP) is 2.80. The first-order chi connectivity index (χ1) is 9.53. The van der Waals surface area contributed by atoms with Crippen molar-refractivity contribution < 1.29 is 9.72 Å². The van der Waals surface area contributed by atoms with E-state index in [2.05, 4.69) is 24.5 Å². The molecule has 1 amide bonds. The van der Waals surface area contributed by atoms with E-state index in [-0.39, 0.29) is 11.3 Å². The molecule has 0 aliphatic carbocycles. The highest BCUT2D eigenvalue weighted by Crippen LogP contribution is 2.22. The molecule has 0 spiro atoms. The van der Waals surface area contributed by atoms with Crippen molar-refractivity contribution in [2.24, 2.45) is 5.92 Å². The topological polar surface area (TPSA) is 84.3 Å². The molecule has 1 aromatic carbocycles. The lowest BCUT2D eigenvalue weighted by atomic mass is 10.0. The number of amides is 1. The van der Waals surface area contributed by atoms with Gasteiger partial charge in [0.25, 0.3) is 11.6 Å². The van der Waals surface area contributed by atoms with Gasteiger partial charge >= 0.3 is 0 Å². The number of nitro benzene ring substituents is 1. The van der Waals surface area contributed by atoms with E-state index in [1.165, 1.54) is 12.1 Å². The van der Waals surface area contributed by atoms with Gasteiger partial charge in [-0.3, -0.25) is 14.9 Å². The molecule has 0 aromatic heterocycles. The SMILES string of the molecule is CCC(CC)CNC(=O)c1cc(NC)ccc1[N+](=O)[O-]. The van der Waals surface area contributed by atoms with Crippen molar-refractivity contribution in [2.45, 2.75) is 26.7 Å². The van der Waals surface area contributed by atoms with Crippen LogP contribution >= 0.6 is 0 Å². The Labute approximate surface area is 118 Å². The van der Waals surface area contributed by atoms with Gasteiger partial charge in [-0.05, 0) is 18.1 Å². The van der Waals surface area contributed by atoms with Gasteiger partial charge < -0.3 is 10.6 Å². The zero-order chi connectivity index (χ0) is 15.1. The molecule has 0 saturated heterocycles. The summed E-state index contributed by atoms with van der Waals surface area (Å²) in [5, 5.41) is 16.6. The first kappa shape index (κ1) is 15.9. The molecule has 0 saturated carbocycles. The molecule has 2 N–H and O–H groups in total. The van der Waals surface area contributed by atoms with E-state index in [0.29, 0.717) is 18.2 Å². The molecule has 6 heteroatoms. The standard InChI is InChI=1S/C14H21N3O3/c1-4-10(5-2)9-16-14(18)12-8-11(15-3)6-7-13(12)17(19)20/h6-8,10,15H,4-5,9H2,1-3H3,(H,16,18). The fourth-order valence-corrected chi connectivity index (χ4v) is 1.94. The minimum absolute atomic E-state index is 0.0906. The normalized spacial score (nSPS) is 10.4. The first-order valence-corrected chi connectivity index (χ1v) is 6.77. The number of hydrogen-bond donors (Lipinski definition) is 2. The van der Waals surface area contributed by atoms with Gasteiger partial charge in [0, 0.05) is 25.3 Å². The third-order valence-corrected chi connectivity index (χ3v) is 3.43. The highest BCUT2D eigenvalue weighted by molar-refractivity contribution is 5.99. The van der Waals surface area contributed by atoms with Crippen LogP contribution in [0.5, 0.6) is 0 Å². The zero-order valence-corrected chi connectivity index (χ0v) is 12.1. The monoisotopic (exact) mass is 279 g/mol. The summed E-state index contributed by atoms with van der Waals surface area (Å²) in [6, 6.07) is 4.42. The van der Waals surface area contributed by atoms with E-state index in [1.54, 1.807) is 13.1 Å². The van der Waals surface area contributed by atoms with Gasteiger partial charge in [-0.2, -0.15) is 0 Å².